The number of methoxy groups -OCH3 is 2. The van der Waals surface area contributed by atoms with Crippen LogP contribution in [0, 0.1) is 0 Å². The quantitative estimate of drug-likeness (QED) is 0.0185. The summed E-state index contributed by atoms with van der Waals surface area (Å²) in [5.41, 5.74) is -1.15. The van der Waals surface area contributed by atoms with Gasteiger partial charge in [0.1, 0.15) is 17.1 Å². The molecule has 1 unspecified atom stereocenters. The number of hydrogen-bond donors (Lipinski definition) is 7. The molecule has 0 heterocycles. The van der Waals surface area contributed by atoms with Crippen LogP contribution in [0.5, 0.6) is 23.0 Å². The molecular formula is C53H63BrCl2F6O15. The highest BCUT2D eigenvalue weighted by Gasteiger charge is 2.51. The standard InChI is InChI=1S/C16H32O3.C13H10O3.C10H11BrO4.C9H8Cl2O3.C5H2F6O2/c17-15-13-11-9-7-5-3-1-2-4-6-8-10-12-14-16(18)19;14-12-8-4-3-6-10(12)9-5-1-2-7-11(9)13(15)16;1-14-8-3-6(4-10(12)13)7(11)5-9(8)15-2;1-5(9(12)13)14-8-4-6(10)2-3-7(8)11;6-4(7,8)2(1-3(12)13)5(9,10)11/h17H,1-15H2,(H,18,19);1-8,14H,(H,15,16);3,5H,4H2,1-2H3,(H,12,13);2-5H,1H3,(H,12,13);1H,(H,12,13). The number of ether oxygens (including phenoxy) is 3. The lowest BCUT2D eigenvalue weighted by Crippen LogP contribution is -2.27. The Morgan fingerprint density at radius 1 is 0.623 bits per heavy atom. The Morgan fingerprint density at radius 3 is 1.51 bits per heavy atom. The first-order valence-electron chi connectivity index (χ1n) is 23.6. The SMILES string of the molecule is CC(Oc1cc(Cl)ccc1Cl)C(=O)O.COc1cc(Br)c(CC(=O)O)cc1OC.O=C(O)C=C(C(F)(F)F)C(F)(F)F.O=C(O)CCCCCCCCCCCCCCCO.O=C(O)c1ccccc1-c1ccccc1O. The number of halogens is 9. The lowest BCUT2D eigenvalue weighted by molar-refractivity contribution is -0.173. The maximum atomic E-state index is 11.5. The topological polar surface area (TPSA) is 255 Å². The van der Waals surface area contributed by atoms with E-state index in [1.807, 2.05) is 0 Å². The van der Waals surface area contributed by atoms with E-state index in [0.717, 1.165) is 19.3 Å². The molecule has 0 aromatic heterocycles. The zero-order valence-corrected chi connectivity index (χ0v) is 45.4. The van der Waals surface area contributed by atoms with Gasteiger partial charge in [0.15, 0.2) is 17.6 Å². The molecule has 0 radical (unpaired) electrons. The van der Waals surface area contributed by atoms with Crippen LogP contribution in [0.1, 0.15) is 113 Å². The minimum atomic E-state index is -5.71. The number of rotatable bonds is 25. The summed E-state index contributed by atoms with van der Waals surface area (Å²) in [6.45, 7) is 1.76. The monoisotopic (exact) mass is 1200 g/mol. The number of para-hydroxylation sites is 1. The number of benzene rings is 4. The van der Waals surface area contributed by atoms with Crippen molar-refractivity contribution in [3.05, 3.63) is 116 Å². The van der Waals surface area contributed by atoms with E-state index in [1.165, 1.54) is 104 Å². The number of allylic oxidation sites excluding steroid dienone is 1. The number of unbranched alkanes of at least 4 members (excludes halogenated alkanes) is 12. The summed E-state index contributed by atoms with van der Waals surface area (Å²) < 4.78 is 85.1. The van der Waals surface area contributed by atoms with Gasteiger partial charge >= 0.3 is 42.2 Å². The van der Waals surface area contributed by atoms with Gasteiger partial charge < -0.3 is 50.0 Å². The van der Waals surface area contributed by atoms with Crippen molar-refractivity contribution >= 4 is 69.0 Å². The maximum Gasteiger partial charge on any atom is 0.421 e. The van der Waals surface area contributed by atoms with Gasteiger partial charge in [0.25, 0.3) is 0 Å². The summed E-state index contributed by atoms with van der Waals surface area (Å²) in [5.74, 6) is -4.47. The van der Waals surface area contributed by atoms with Crippen molar-refractivity contribution in [3.63, 3.8) is 0 Å². The van der Waals surface area contributed by atoms with Crippen molar-refractivity contribution in [1.82, 2.24) is 0 Å². The predicted octanol–water partition coefficient (Wildman–Crippen LogP) is 14.3. The molecule has 4 aromatic carbocycles. The van der Waals surface area contributed by atoms with E-state index in [-0.39, 0.29) is 23.5 Å². The van der Waals surface area contributed by atoms with Crippen molar-refractivity contribution in [2.45, 2.75) is 122 Å². The number of aliphatic hydroxyl groups is 1. The van der Waals surface area contributed by atoms with E-state index in [4.69, 9.17) is 68.1 Å². The molecule has 0 saturated carbocycles. The third-order valence-corrected chi connectivity index (χ3v) is 11.5. The lowest BCUT2D eigenvalue weighted by atomic mass is 9.99. The summed E-state index contributed by atoms with van der Waals surface area (Å²) >= 11 is 14.7. The fourth-order valence-electron chi connectivity index (χ4n) is 6.39. The normalized spacial score (nSPS) is 11.0. The molecule has 0 aliphatic carbocycles. The Bertz CT molecular complexity index is 2460. The highest BCUT2D eigenvalue weighted by atomic mass is 79.9. The van der Waals surface area contributed by atoms with Crippen molar-refractivity contribution in [2.24, 2.45) is 0 Å². The predicted molar refractivity (Wildman–Crippen MR) is 280 cm³/mol. The molecule has 0 bridgehead atoms. The number of aliphatic hydroxyl groups excluding tert-OH is 1. The second kappa shape index (κ2) is 38.3. The van der Waals surface area contributed by atoms with Crippen LogP contribution in [0.2, 0.25) is 10.0 Å². The first-order valence-corrected chi connectivity index (χ1v) is 25.1. The minimum Gasteiger partial charge on any atom is -0.507 e. The molecule has 0 amide bonds. The molecule has 15 nitrogen and oxygen atoms in total. The third kappa shape index (κ3) is 31.6. The maximum absolute atomic E-state index is 11.5. The summed E-state index contributed by atoms with van der Waals surface area (Å²) in [5, 5.41) is 61.7. The highest BCUT2D eigenvalue weighted by molar-refractivity contribution is 9.10. The molecule has 24 heteroatoms. The van der Waals surface area contributed by atoms with Crippen LogP contribution < -0.4 is 14.2 Å². The Hall–Kier alpha value is -6.23. The molecule has 1 atom stereocenters. The number of carbonyl (C=O) groups is 5. The number of phenols is 1. The molecule has 0 spiro atoms. The highest BCUT2D eigenvalue weighted by Crippen LogP contribution is 2.38. The number of hydrogen-bond acceptors (Lipinski definition) is 10. The number of carboxylic acid groups (broad SMARTS) is 5. The van der Waals surface area contributed by atoms with Gasteiger partial charge in [-0.15, -0.1) is 0 Å². The van der Waals surface area contributed by atoms with Crippen molar-refractivity contribution in [1.29, 1.82) is 0 Å². The number of aliphatic carboxylic acids is 4. The first kappa shape index (κ1) is 70.8. The van der Waals surface area contributed by atoms with Crippen molar-refractivity contribution < 1.29 is 100 Å². The van der Waals surface area contributed by atoms with E-state index in [1.54, 1.807) is 60.7 Å². The van der Waals surface area contributed by atoms with Gasteiger partial charge in [0, 0.05) is 40.2 Å². The Labute approximate surface area is 460 Å². The van der Waals surface area contributed by atoms with E-state index in [0.29, 0.717) is 55.7 Å². The molecule has 0 aliphatic heterocycles. The minimum absolute atomic E-state index is 0.0546. The van der Waals surface area contributed by atoms with Crippen LogP contribution >= 0.6 is 39.1 Å². The van der Waals surface area contributed by atoms with Crippen LogP contribution in [0.15, 0.2) is 95.0 Å². The van der Waals surface area contributed by atoms with Crippen molar-refractivity contribution in [2.75, 3.05) is 20.8 Å². The van der Waals surface area contributed by atoms with E-state index in [9.17, 15) is 55.4 Å². The van der Waals surface area contributed by atoms with Gasteiger partial charge in [-0.1, -0.05) is 146 Å². The summed E-state index contributed by atoms with van der Waals surface area (Å²) in [6, 6.07) is 21.2. The number of phenolic OH excluding ortho intramolecular Hbond substituents is 1. The smallest absolute Gasteiger partial charge is 0.421 e. The largest absolute Gasteiger partial charge is 0.507 e. The zero-order valence-electron chi connectivity index (χ0n) is 42.3. The van der Waals surface area contributed by atoms with Gasteiger partial charge in [0.2, 0.25) is 0 Å². The Kier molecular flexibility index (Phi) is 35.2. The van der Waals surface area contributed by atoms with Crippen LogP contribution in [0.3, 0.4) is 0 Å². The zero-order chi connectivity index (χ0) is 58.7. The van der Waals surface area contributed by atoms with E-state index >= 15 is 0 Å². The van der Waals surface area contributed by atoms with Gasteiger partial charge in [-0.25, -0.2) is 14.4 Å². The molecule has 428 valence electrons. The van der Waals surface area contributed by atoms with Gasteiger partial charge in [-0.2, -0.15) is 26.3 Å². The molecule has 0 aliphatic rings. The number of aromatic carboxylic acids is 1. The Balaban J connectivity index is 0.000000943. The van der Waals surface area contributed by atoms with Gasteiger partial charge in [-0.05, 0) is 67.3 Å². The second-order valence-corrected chi connectivity index (χ2v) is 18.0. The lowest BCUT2D eigenvalue weighted by Gasteiger charge is -2.13. The number of alkyl halides is 6. The van der Waals surface area contributed by atoms with Crippen LogP contribution in [0.4, 0.5) is 26.3 Å². The average Bonchev–Trinajstić information content (AvgIpc) is 3.35. The molecule has 4 rings (SSSR count). The van der Waals surface area contributed by atoms with Crippen molar-refractivity contribution in [3.8, 4) is 34.1 Å². The molecular weight excluding hydrogens is 1140 g/mol. The summed E-state index contributed by atoms with van der Waals surface area (Å²) in [6.07, 6.45) is 2.71. The fourth-order valence-corrected chi connectivity index (χ4v) is 7.18. The summed E-state index contributed by atoms with van der Waals surface area (Å²) in [7, 11) is 3.04. The first-order chi connectivity index (χ1) is 36.1. The molecule has 0 fully saturated rings. The molecule has 77 heavy (non-hydrogen) atoms. The molecule has 7 N–H and O–H groups in total. The van der Waals surface area contributed by atoms with E-state index < -0.39 is 60.0 Å². The number of carboxylic acids is 5. The fraction of sp³-hybridized carbons (Fsp3) is 0.415. The van der Waals surface area contributed by atoms with Crippen LogP contribution in [0.25, 0.3) is 11.1 Å². The average molecular weight is 1200 g/mol. The third-order valence-electron chi connectivity index (χ3n) is 10.2. The molecule has 0 saturated heterocycles. The number of aromatic hydroxyl groups is 1. The Morgan fingerprint density at radius 2 is 1.09 bits per heavy atom. The van der Waals surface area contributed by atoms with Gasteiger partial charge in [-0.3, -0.25) is 9.59 Å². The van der Waals surface area contributed by atoms with Crippen LogP contribution in [-0.4, -0.2) is 105 Å². The van der Waals surface area contributed by atoms with E-state index in [2.05, 4.69) is 15.9 Å². The van der Waals surface area contributed by atoms with Crippen LogP contribution in [-0.2, 0) is 25.6 Å². The summed E-state index contributed by atoms with van der Waals surface area (Å²) in [4.78, 5) is 52.0. The molecule has 4 aromatic rings. The second-order valence-electron chi connectivity index (χ2n) is 16.3. The van der Waals surface area contributed by atoms with Gasteiger partial charge in [0.05, 0.1) is 31.2 Å².